The Kier molecular flexibility index (Phi) is 2.26. The van der Waals surface area contributed by atoms with Crippen LogP contribution in [0, 0.1) is 5.92 Å². The van der Waals surface area contributed by atoms with Crippen molar-refractivity contribution in [2.24, 2.45) is 5.92 Å². The normalized spacial score (nSPS) is 15.8. The second-order valence-corrected chi connectivity index (χ2v) is 3.86. The van der Waals surface area contributed by atoms with E-state index < -0.39 is 0 Å². The fourth-order valence-corrected chi connectivity index (χ4v) is 1.60. The van der Waals surface area contributed by atoms with Crippen molar-refractivity contribution >= 4 is 29.0 Å². The molecular formula is C9H7Cl2NO. The molecule has 0 amide bonds. The van der Waals surface area contributed by atoms with Gasteiger partial charge in [-0.15, -0.1) is 0 Å². The lowest BCUT2D eigenvalue weighted by Crippen LogP contribution is -2.02. The third-order valence-electron chi connectivity index (χ3n) is 2.03. The molecule has 0 saturated heterocycles. The van der Waals surface area contributed by atoms with Gasteiger partial charge < -0.3 is 0 Å². The summed E-state index contributed by atoms with van der Waals surface area (Å²) in [7, 11) is 0. The number of halogens is 2. The van der Waals surface area contributed by atoms with Gasteiger partial charge in [0, 0.05) is 5.92 Å². The molecule has 0 N–H and O–H groups in total. The number of carbonyl (C=O) groups is 1. The van der Waals surface area contributed by atoms with E-state index in [1.807, 2.05) is 0 Å². The summed E-state index contributed by atoms with van der Waals surface area (Å²) in [6.07, 6.45) is 1.94. The van der Waals surface area contributed by atoms with Crippen molar-refractivity contribution in [1.29, 1.82) is 0 Å². The molecule has 1 aliphatic carbocycles. The summed E-state index contributed by atoms with van der Waals surface area (Å²) in [4.78, 5) is 15.4. The average Bonchev–Trinajstić information content (AvgIpc) is 2.85. The number of rotatable bonds is 2. The molecule has 0 bridgehead atoms. The zero-order valence-corrected chi connectivity index (χ0v) is 8.27. The highest BCUT2D eigenvalue weighted by Gasteiger charge is 2.31. The molecule has 2 rings (SSSR count). The number of aromatic nitrogens is 1. The number of pyridine rings is 1. The minimum absolute atomic E-state index is 0.0918. The molecule has 1 aromatic rings. The van der Waals surface area contributed by atoms with Crippen molar-refractivity contribution in [2.45, 2.75) is 12.8 Å². The molecule has 13 heavy (non-hydrogen) atoms. The van der Waals surface area contributed by atoms with E-state index in [0.29, 0.717) is 10.7 Å². The number of Topliss-reactive ketones (excluding diaryl/α,β-unsaturated/α-hetero) is 1. The molecule has 0 spiro atoms. The van der Waals surface area contributed by atoms with Gasteiger partial charge in [-0.3, -0.25) is 4.79 Å². The van der Waals surface area contributed by atoms with E-state index in [1.54, 1.807) is 12.1 Å². The monoisotopic (exact) mass is 215 g/mol. The van der Waals surface area contributed by atoms with Gasteiger partial charge in [0.25, 0.3) is 0 Å². The summed E-state index contributed by atoms with van der Waals surface area (Å²) >= 11 is 11.4. The molecule has 68 valence electrons. The van der Waals surface area contributed by atoms with E-state index in [-0.39, 0.29) is 16.9 Å². The number of hydrogen-bond acceptors (Lipinski definition) is 2. The van der Waals surface area contributed by atoms with Crippen molar-refractivity contribution in [3.63, 3.8) is 0 Å². The Morgan fingerprint density at radius 2 is 2.08 bits per heavy atom. The first-order valence-electron chi connectivity index (χ1n) is 4.05. The predicted molar refractivity (Wildman–Crippen MR) is 51.3 cm³/mol. The maximum atomic E-state index is 11.6. The highest BCUT2D eigenvalue weighted by Crippen LogP contribution is 2.34. The first-order chi connectivity index (χ1) is 6.18. The van der Waals surface area contributed by atoms with Crippen LogP contribution >= 0.6 is 23.2 Å². The number of hydrogen-bond donors (Lipinski definition) is 0. The molecule has 0 aliphatic heterocycles. The van der Waals surface area contributed by atoms with Crippen LogP contribution in [-0.4, -0.2) is 10.8 Å². The molecule has 1 heterocycles. The quantitative estimate of drug-likeness (QED) is 0.561. The zero-order chi connectivity index (χ0) is 9.42. The Bertz CT molecular complexity index is 361. The molecule has 2 nitrogen and oxygen atoms in total. The molecule has 0 aromatic carbocycles. The smallest absolute Gasteiger partial charge is 0.169 e. The van der Waals surface area contributed by atoms with Crippen LogP contribution in [0.1, 0.15) is 23.2 Å². The molecule has 1 fully saturated rings. The average molecular weight is 216 g/mol. The lowest BCUT2D eigenvalue weighted by atomic mass is 10.1. The number of carbonyl (C=O) groups excluding carboxylic acids is 1. The van der Waals surface area contributed by atoms with Crippen LogP contribution in [0.3, 0.4) is 0 Å². The lowest BCUT2D eigenvalue weighted by Gasteiger charge is -2.00. The minimum atomic E-state index is 0.0918. The summed E-state index contributed by atoms with van der Waals surface area (Å²) in [5.41, 5.74) is 0.494. The van der Waals surface area contributed by atoms with Crippen LogP contribution in [0.15, 0.2) is 12.1 Å². The fraction of sp³-hybridized carbons (Fsp3) is 0.333. The lowest BCUT2D eigenvalue weighted by molar-refractivity contribution is 0.0967. The Labute approximate surface area is 85.9 Å². The van der Waals surface area contributed by atoms with E-state index in [9.17, 15) is 4.79 Å². The maximum absolute atomic E-state index is 11.6. The van der Waals surface area contributed by atoms with Crippen LogP contribution in [0.2, 0.25) is 10.3 Å². The van der Waals surface area contributed by atoms with Gasteiger partial charge in [0.15, 0.2) is 5.78 Å². The third-order valence-corrected chi connectivity index (χ3v) is 2.53. The minimum Gasteiger partial charge on any atom is -0.294 e. The Morgan fingerprint density at radius 3 is 2.62 bits per heavy atom. The van der Waals surface area contributed by atoms with Crippen LogP contribution in [0.25, 0.3) is 0 Å². The Morgan fingerprint density at radius 1 is 1.38 bits per heavy atom. The SMILES string of the molecule is O=C(c1ccc(Cl)nc1Cl)C1CC1. The first-order valence-corrected chi connectivity index (χ1v) is 4.80. The van der Waals surface area contributed by atoms with Crippen LogP contribution in [0.5, 0.6) is 0 Å². The maximum Gasteiger partial charge on any atom is 0.169 e. The van der Waals surface area contributed by atoms with E-state index in [4.69, 9.17) is 23.2 Å². The predicted octanol–water partition coefficient (Wildman–Crippen LogP) is 2.98. The zero-order valence-electron chi connectivity index (χ0n) is 6.76. The molecule has 4 heteroatoms. The summed E-state index contributed by atoms with van der Waals surface area (Å²) in [5.74, 6) is 0.259. The molecule has 0 atom stereocenters. The number of ketones is 1. The molecular weight excluding hydrogens is 209 g/mol. The van der Waals surface area contributed by atoms with Gasteiger partial charge in [-0.05, 0) is 25.0 Å². The van der Waals surface area contributed by atoms with Crippen LogP contribution in [0.4, 0.5) is 0 Å². The standard InChI is InChI=1S/C9H7Cl2NO/c10-7-4-3-6(9(11)12-7)8(13)5-1-2-5/h3-5H,1-2H2. The Hall–Kier alpha value is -0.600. The summed E-state index contributed by atoms with van der Waals surface area (Å²) in [5, 5.41) is 0.529. The van der Waals surface area contributed by atoms with Gasteiger partial charge in [0.1, 0.15) is 10.3 Å². The van der Waals surface area contributed by atoms with Crippen molar-refractivity contribution in [1.82, 2.24) is 4.98 Å². The summed E-state index contributed by atoms with van der Waals surface area (Å²) in [6, 6.07) is 3.22. The highest BCUT2D eigenvalue weighted by molar-refractivity contribution is 6.34. The van der Waals surface area contributed by atoms with Crippen molar-refractivity contribution in [3.8, 4) is 0 Å². The third kappa shape index (κ3) is 1.84. The first kappa shape index (κ1) is 8.97. The van der Waals surface area contributed by atoms with Crippen LogP contribution < -0.4 is 0 Å². The van der Waals surface area contributed by atoms with Gasteiger partial charge in [0.2, 0.25) is 0 Å². The molecule has 1 saturated carbocycles. The van der Waals surface area contributed by atoms with Gasteiger partial charge in [-0.25, -0.2) is 4.98 Å². The molecule has 1 aliphatic rings. The van der Waals surface area contributed by atoms with Crippen molar-refractivity contribution in [2.75, 3.05) is 0 Å². The van der Waals surface area contributed by atoms with Gasteiger partial charge in [-0.1, -0.05) is 23.2 Å². The molecule has 0 unspecified atom stereocenters. The Balaban J connectivity index is 2.33. The topological polar surface area (TPSA) is 30.0 Å². The van der Waals surface area contributed by atoms with E-state index in [2.05, 4.69) is 4.98 Å². The fourth-order valence-electron chi connectivity index (χ4n) is 1.16. The second-order valence-electron chi connectivity index (χ2n) is 3.11. The molecule has 0 radical (unpaired) electrons. The van der Waals surface area contributed by atoms with Crippen LogP contribution in [-0.2, 0) is 0 Å². The summed E-state index contributed by atoms with van der Waals surface area (Å²) in [6.45, 7) is 0. The van der Waals surface area contributed by atoms with E-state index >= 15 is 0 Å². The van der Waals surface area contributed by atoms with Gasteiger partial charge in [0.05, 0.1) is 5.56 Å². The summed E-state index contributed by atoms with van der Waals surface area (Å²) < 4.78 is 0. The van der Waals surface area contributed by atoms with Gasteiger partial charge >= 0.3 is 0 Å². The van der Waals surface area contributed by atoms with Crippen molar-refractivity contribution < 1.29 is 4.79 Å². The van der Waals surface area contributed by atoms with Gasteiger partial charge in [-0.2, -0.15) is 0 Å². The number of nitrogens with zero attached hydrogens (tertiary/aromatic N) is 1. The van der Waals surface area contributed by atoms with E-state index in [0.717, 1.165) is 12.8 Å². The second kappa shape index (κ2) is 3.28. The highest BCUT2D eigenvalue weighted by atomic mass is 35.5. The van der Waals surface area contributed by atoms with E-state index in [1.165, 1.54) is 0 Å². The largest absolute Gasteiger partial charge is 0.294 e. The molecule has 1 aromatic heterocycles. The van der Waals surface area contributed by atoms with Crippen molar-refractivity contribution in [3.05, 3.63) is 28.0 Å².